The van der Waals surface area contributed by atoms with Crippen molar-refractivity contribution in [2.24, 2.45) is 5.73 Å². The van der Waals surface area contributed by atoms with Crippen molar-refractivity contribution in [2.75, 3.05) is 10.6 Å². The van der Waals surface area contributed by atoms with Crippen molar-refractivity contribution in [1.82, 2.24) is 0 Å². The number of nitrogens with one attached hydrogen (secondary N) is 2. The van der Waals surface area contributed by atoms with E-state index in [2.05, 4.69) is 15.4 Å². The molecule has 31 heavy (non-hydrogen) atoms. The second kappa shape index (κ2) is 9.08. The third-order valence-electron chi connectivity index (χ3n) is 3.83. The number of alkyl halides is 3. The van der Waals surface area contributed by atoms with E-state index in [1.807, 2.05) is 0 Å². The number of ether oxygens (including phenoxy) is 2. The molecule has 0 atom stereocenters. The van der Waals surface area contributed by atoms with Gasteiger partial charge in [-0.05, 0) is 72.8 Å². The van der Waals surface area contributed by atoms with Gasteiger partial charge < -0.3 is 25.8 Å². The molecule has 3 aromatic rings. The molecule has 4 N–H and O–H groups in total. The first-order chi connectivity index (χ1) is 14.7. The average Bonchev–Trinajstić information content (AvgIpc) is 2.70. The maximum absolute atomic E-state index is 12.2. The first kappa shape index (κ1) is 21.5. The van der Waals surface area contributed by atoms with E-state index in [1.165, 1.54) is 12.1 Å². The van der Waals surface area contributed by atoms with Crippen molar-refractivity contribution in [3.05, 3.63) is 78.4 Å². The van der Waals surface area contributed by atoms with Crippen molar-refractivity contribution in [2.45, 2.75) is 6.36 Å². The summed E-state index contributed by atoms with van der Waals surface area (Å²) >= 11 is 0. The van der Waals surface area contributed by atoms with E-state index in [1.54, 1.807) is 48.5 Å². The van der Waals surface area contributed by atoms with E-state index in [0.29, 0.717) is 22.7 Å². The summed E-state index contributed by atoms with van der Waals surface area (Å²) in [5.41, 5.74) is 6.29. The van der Waals surface area contributed by atoms with Crippen molar-refractivity contribution < 1.29 is 32.2 Å². The molecule has 0 fully saturated rings. The lowest BCUT2D eigenvalue weighted by Crippen LogP contribution is -2.19. The lowest BCUT2D eigenvalue weighted by Gasteiger charge is -2.11. The fraction of sp³-hybridized carbons (Fsp3) is 0.0476. The summed E-state index contributed by atoms with van der Waals surface area (Å²) in [4.78, 5) is 23.1. The maximum atomic E-state index is 12.2. The molecule has 3 rings (SSSR count). The second-order valence-electron chi connectivity index (χ2n) is 6.17. The SMILES string of the molecule is NC(=O)c1ccc(Oc2ccc(NC(=O)Nc3ccc(OC(F)(F)F)cc3)cc2)cc1. The Labute approximate surface area is 174 Å². The van der Waals surface area contributed by atoms with Crippen LogP contribution < -0.4 is 25.8 Å². The maximum Gasteiger partial charge on any atom is 0.573 e. The summed E-state index contributed by atoms with van der Waals surface area (Å²) in [5, 5.41) is 5.08. The standard InChI is InChI=1S/C21H16F3N3O4/c22-21(23,24)31-18-11-5-15(6-12-18)27-20(29)26-14-3-9-17(10-4-14)30-16-7-1-13(2-8-16)19(25)28/h1-12H,(H2,25,28)(H2,26,27,29). The molecule has 0 aliphatic carbocycles. The summed E-state index contributed by atoms with van der Waals surface area (Å²) in [7, 11) is 0. The number of carbonyl (C=O) groups excluding carboxylic acids is 2. The summed E-state index contributed by atoms with van der Waals surface area (Å²) in [6.45, 7) is 0. The molecular formula is C21H16F3N3O4. The first-order valence-corrected chi connectivity index (χ1v) is 8.79. The number of rotatable bonds is 6. The number of halogens is 3. The van der Waals surface area contributed by atoms with Gasteiger partial charge in [0.2, 0.25) is 5.91 Å². The number of nitrogens with two attached hydrogens (primary N) is 1. The van der Waals surface area contributed by atoms with Crippen LogP contribution in [0, 0.1) is 0 Å². The molecule has 0 radical (unpaired) electrons. The third kappa shape index (κ3) is 6.67. The van der Waals surface area contributed by atoms with E-state index in [-0.39, 0.29) is 5.69 Å². The predicted molar refractivity (Wildman–Crippen MR) is 107 cm³/mol. The number of benzene rings is 3. The molecule has 0 aliphatic heterocycles. The van der Waals surface area contributed by atoms with E-state index >= 15 is 0 Å². The Morgan fingerprint density at radius 3 is 1.55 bits per heavy atom. The van der Waals surface area contributed by atoms with Crippen molar-refractivity contribution in [3.8, 4) is 17.2 Å². The highest BCUT2D eigenvalue weighted by Gasteiger charge is 2.30. The molecule has 0 heterocycles. The van der Waals surface area contributed by atoms with Gasteiger partial charge in [0.05, 0.1) is 0 Å². The number of hydrogen-bond acceptors (Lipinski definition) is 4. The molecule has 7 nitrogen and oxygen atoms in total. The second-order valence-corrected chi connectivity index (χ2v) is 6.17. The molecule has 0 spiro atoms. The predicted octanol–water partition coefficient (Wildman–Crippen LogP) is 5.12. The van der Waals surface area contributed by atoms with Crippen LogP contribution in [0.5, 0.6) is 17.2 Å². The van der Waals surface area contributed by atoms with Gasteiger partial charge in [0.15, 0.2) is 0 Å². The van der Waals surface area contributed by atoms with Crippen LogP contribution in [0.2, 0.25) is 0 Å². The Kier molecular flexibility index (Phi) is 6.29. The minimum Gasteiger partial charge on any atom is -0.457 e. The summed E-state index contributed by atoms with van der Waals surface area (Å²) in [6.07, 6.45) is -4.78. The highest BCUT2D eigenvalue weighted by Crippen LogP contribution is 2.25. The zero-order valence-electron chi connectivity index (χ0n) is 15.8. The molecule has 160 valence electrons. The van der Waals surface area contributed by atoms with Crippen LogP contribution in [0.1, 0.15) is 10.4 Å². The van der Waals surface area contributed by atoms with Gasteiger partial charge in [-0.1, -0.05) is 0 Å². The minimum absolute atomic E-state index is 0.284. The quantitative estimate of drug-likeness (QED) is 0.504. The highest BCUT2D eigenvalue weighted by atomic mass is 19.4. The van der Waals surface area contributed by atoms with Gasteiger partial charge in [-0.2, -0.15) is 0 Å². The molecule has 0 unspecified atom stereocenters. The van der Waals surface area contributed by atoms with E-state index in [4.69, 9.17) is 10.5 Å². The molecule has 3 aromatic carbocycles. The third-order valence-corrected chi connectivity index (χ3v) is 3.83. The zero-order valence-corrected chi connectivity index (χ0v) is 15.8. The minimum atomic E-state index is -4.78. The Morgan fingerprint density at radius 1 is 0.710 bits per heavy atom. The Hall–Kier alpha value is -4.21. The number of hydrogen-bond donors (Lipinski definition) is 3. The highest BCUT2D eigenvalue weighted by molar-refractivity contribution is 5.99. The van der Waals surface area contributed by atoms with E-state index in [0.717, 1.165) is 12.1 Å². The van der Waals surface area contributed by atoms with Crippen LogP contribution in [0.25, 0.3) is 0 Å². The largest absolute Gasteiger partial charge is 0.573 e. The normalized spacial score (nSPS) is 10.8. The van der Waals surface area contributed by atoms with Gasteiger partial charge >= 0.3 is 12.4 Å². The fourth-order valence-corrected chi connectivity index (χ4v) is 2.46. The zero-order chi connectivity index (χ0) is 22.4. The smallest absolute Gasteiger partial charge is 0.457 e. The van der Waals surface area contributed by atoms with Crippen LogP contribution in [-0.4, -0.2) is 18.3 Å². The van der Waals surface area contributed by atoms with Gasteiger partial charge in [0.25, 0.3) is 0 Å². The molecule has 0 saturated heterocycles. The molecular weight excluding hydrogens is 415 g/mol. The van der Waals surface area contributed by atoms with Crippen molar-refractivity contribution >= 4 is 23.3 Å². The van der Waals surface area contributed by atoms with Crippen LogP contribution in [0.15, 0.2) is 72.8 Å². The topological polar surface area (TPSA) is 103 Å². The number of primary amides is 1. The van der Waals surface area contributed by atoms with Crippen molar-refractivity contribution in [1.29, 1.82) is 0 Å². The van der Waals surface area contributed by atoms with Gasteiger partial charge in [-0.3, -0.25) is 4.79 Å². The number of carbonyl (C=O) groups is 2. The Balaban J connectivity index is 1.53. The van der Waals surface area contributed by atoms with Crippen LogP contribution in [0.3, 0.4) is 0 Å². The van der Waals surface area contributed by atoms with Gasteiger partial charge in [0, 0.05) is 16.9 Å². The lowest BCUT2D eigenvalue weighted by molar-refractivity contribution is -0.274. The average molecular weight is 431 g/mol. The summed E-state index contributed by atoms with van der Waals surface area (Å²) in [6, 6.07) is 16.9. The molecule has 10 heteroatoms. The molecule has 0 saturated carbocycles. The summed E-state index contributed by atoms with van der Waals surface area (Å²) < 4.78 is 45.9. The fourth-order valence-electron chi connectivity index (χ4n) is 2.46. The van der Waals surface area contributed by atoms with Gasteiger partial charge in [-0.15, -0.1) is 13.2 Å². The van der Waals surface area contributed by atoms with Crippen LogP contribution in [-0.2, 0) is 0 Å². The molecule has 0 bridgehead atoms. The lowest BCUT2D eigenvalue weighted by atomic mass is 10.2. The molecule has 3 amide bonds. The summed E-state index contributed by atoms with van der Waals surface area (Å²) in [5.74, 6) is 0.0728. The van der Waals surface area contributed by atoms with Crippen LogP contribution >= 0.6 is 0 Å². The number of anilines is 2. The van der Waals surface area contributed by atoms with Gasteiger partial charge in [-0.25, -0.2) is 4.79 Å². The van der Waals surface area contributed by atoms with E-state index < -0.39 is 24.1 Å². The molecule has 0 aromatic heterocycles. The van der Waals surface area contributed by atoms with E-state index in [9.17, 15) is 22.8 Å². The monoisotopic (exact) mass is 431 g/mol. The Bertz CT molecular complexity index is 1050. The molecule has 0 aliphatic rings. The van der Waals surface area contributed by atoms with Crippen LogP contribution in [0.4, 0.5) is 29.3 Å². The van der Waals surface area contributed by atoms with Gasteiger partial charge in [0.1, 0.15) is 17.2 Å². The number of amides is 3. The number of urea groups is 1. The van der Waals surface area contributed by atoms with Crippen molar-refractivity contribution in [3.63, 3.8) is 0 Å². The Morgan fingerprint density at radius 2 is 1.13 bits per heavy atom. The first-order valence-electron chi connectivity index (χ1n) is 8.79.